The van der Waals surface area contributed by atoms with Crippen LogP contribution in [0, 0.1) is 0 Å². The molecule has 0 fully saturated rings. The number of hydrogen-bond donors (Lipinski definition) is 1. The van der Waals surface area contributed by atoms with Crippen molar-refractivity contribution in [3.05, 3.63) is 0 Å². The number of aliphatic carboxylic acids is 1. The van der Waals surface area contributed by atoms with E-state index in [1.165, 1.54) is 0 Å². The van der Waals surface area contributed by atoms with E-state index >= 15 is 0 Å². The van der Waals surface area contributed by atoms with Gasteiger partial charge in [-0.2, -0.15) is 0 Å². The van der Waals surface area contributed by atoms with Crippen molar-refractivity contribution in [3.63, 3.8) is 0 Å². The highest BCUT2D eigenvalue weighted by Crippen LogP contribution is 1.95. The molecule has 0 aliphatic rings. The van der Waals surface area contributed by atoms with Crippen molar-refractivity contribution in [3.8, 4) is 0 Å². The van der Waals surface area contributed by atoms with Gasteiger partial charge in [-0.05, 0) is 0 Å². The predicted molar refractivity (Wildman–Crippen MR) is 133 cm³/mol. The van der Waals surface area contributed by atoms with Gasteiger partial charge in [0.05, 0.1) is 112 Å². The number of alkyl halides is 1. The zero-order valence-electron chi connectivity index (χ0n) is 21.4. The van der Waals surface area contributed by atoms with Crippen LogP contribution in [0.25, 0.3) is 0 Å². The van der Waals surface area contributed by atoms with Gasteiger partial charge in [0.25, 0.3) is 0 Å². The molecule has 13 nitrogen and oxygen atoms in total. The second kappa shape index (κ2) is 29.3. The number of ether oxygens (including phenoxy) is 9. The number of carboxylic acid groups (broad SMARTS) is 1. The average Bonchev–Trinajstić information content (AvgIpc) is 2.89. The molecule has 0 amide bonds. The van der Waals surface area contributed by atoms with Gasteiger partial charge in [-0.15, -0.1) is 0 Å². The molecule has 218 valence electrons. The molecule has 0 aromatic rings. The van der Waals surface area contributed by atoms with Crippen molar-refractivity contribution in [2.45, 2.75) is 12.8 Å². The van der Waals surface area contributed by atoms with Crippen LogP contribution in [-0.4, -0.2) is 140 Å². The lowest BCUT2D eigenvalue weighted by atomic mass is 10.2. The number of Topliss-reactive ketones (excluding diaryl/α,β-unsaturated/α-hetero) is 1. The number of carbonyl (C=O) groups excluding carboxylic acids is 2. The smallest absolute Gasteiger partial charge is 0.372 e. The topological polar surface area (TPSA) is 155 Å². The number of carboxylic acids is 1. The first-order valence-electron chi connectivity index (χ1n) is 12.2. The van der Waals surface area contributed by atoms with Crippen LogP contribution in [0.5, 0.6) is 0 Å². The second-order valence-electron chi connectivity index (χ2n) is 7.04. The van der Waals surface area contributed by atoms with E-state index in [1.807, 2.05) is 0 Å². The van der Waals surface area contributed by atoms with Crippen molar-refractivity contribution >= 4 is 33.7 Å². The molecule has 0 aromatic carbocycles. The molecule has 14 heteroatoms. The standard InChI is InChI=1S/C23H41BrO13/c24-3-4-29-5-6-30-7-8-31-9-10-32-11-12-33-13-14-34-15-16-35-17-18-36-19-20-37-22(26)2-1-21(25)23(27)28/h1-20H2,(H,27,28). The largest absolute Gasteiger partial charge is 0.476 e. The van der Waals surface area contributed by atoms with E-state index in [1.54, 1.807) is 0 Å². The summed E-state index contributed by atoms with van der Waals surface area (Å²) in [4.78, 5) is 32.5. The van der Waals surface area contributed by atoms with Gasteiger partial charge in [-0.3, -0.25) is 9.59 Å². The maximum Gasteiger partial charge on any atom is 0.372 e. The van der Waals surface area contributed by atoms with E-state index in [0.29, 0.717) is 99.1 Å². The number of rotatable bonds is 30. The summed E-state index contributed by atoms with van der Waals surface area (Å²) in [6.45, 7) is 7.48. The lowest BCUT2D eigenvalue weighted by Crippen LogP contribution is -2.17. The van der Waals surface area contributed by atoms with Crippen LogP contribution < -0.4 is 0 Å². The van der Waals surface area contributed by atoms with Gasteiger partial charge in [0.2, 0.25) is 5.78 Å². The summed E-state index contributed by atoms with van der Waals surface area (Å²) in [5.41, 5.74) is 0. The van der Waals surface area contributed by atoms with Gasteiger partial charge < -0.3 is 47.7 Å². The molecule has 0 rings (SSSR count). The SMILES string of the molecule is O=C(CCC(=O)C(=O)O)OCCOCCOCCOCCOCCOCCOCCOCCOCCBr. The first-order chi connectivity index (χ1) is 18.1. The molecule has 1 N–H and O–H groups in total. The third-order valence-corrected chi connectivity index (χ3v) is 4.43. The first kappa shape index (κ1) is 35.8. The van der Waals surface area contributed by atoms with Crippen LogP contribution in [0.15, 0.2) is 0 Å². The van der Waals surface area contributed by atoms with Gasteiger partial charge in [-0.25, -0.2) is 4.79 Å². The van der Waals surface area contributed by atoms with E-state index in [9.17, 15) is 14.4 Å². The molecule has 0 atom stereocenters. The highest BCUT2D eigenvalue weighted by atomic mass is 79.9. The molecule has 0 saturated carbocycles. The zero-order chi connectivity index (χ0) is 27.2. The van der Waals surface area contributed by atoms with Crippen LogP contribution in [0.1, 0.15) is 12.8 Å². The molecule has 0 aliphatic carbocycles. The summed E-state index contributed by atoms with van der Waals surface area (Å²) in [5.74, 6) is -3.23. The minimum Gasteiger partial charge on any atom is -0.476 e. The van der Waals surface area contributed by atoms with Gasteiger partial charge in [-0.1, -0.05) is 15.9 Å². The van der Waals surface area contributed by atoms with Gasteiger partial charge >= 0.3 is 11.9 Å². The van der Waals surface area contributed by atoms with Crippen LogP contribution in [-0.2, 0) is 57.0 Å². The van der Waals surface area contributed by atoms with Crippen molar-refractivity contribution in [2.75, 3.05) is 118 Å². The lowest BCUT2D eigenvalue weighted by Gasteiger charge is -2.08. The normalized spacial score (nSPS) is 11.1. The van der Waals surface area contributed by atoms with Crippen molar-refractivity contribution < 1.29 is 62.1 Å². The van der Waals surface area contributed by atoms with Crippen LogP contribution in [0.3, 0.4) is 0 Å². The van der Waals surface area contributed by atoms with E-state index < -0.39 is 17.7 Å². The molecule has 0 aliphatic heterocycles. The van der Waals surface area contributed by atoms with Crippen LogP contribution >= 0.6 is 15.9 Å². The predicted octanol–water partition coefficient (Wildman–Crippen LogP) is 0.491. The third-order valence-electron chi connectivity index (χ3n) is 4.11. The number of ketones is 1. The van der Waals surface area contributed by atoms with E-state index in [0.717, 1.165) is 5.33 Å². The number of hydrogen-bond acceptors (Lipinski definition) is 12. The molecular formula is C23H41BrO13. The van der Waals surface area contributed by atoms with Crippen molar-refractivity contribution in [1.29, 1.82) is 0 Å². The molecular weight excluding hydrogens is 564 g/mol. The fourth-order valence-electron chi connectivity index (χ4n) is 2.31. The first-order valence-corrected chi connectivity index (χ1v) is 13.3. The highest BCUT2D eigenvalue weighted by molar-refractivity contribution is 9.09. The quantitative estimate of drug-likeness (QED) is 0.0523. The summed E-state index contributed by atoms with van der Waals surface area (Å²) in [6.07, 6.45) is -0.650. The summed E-state index contributed by atoms with van der Waals surface area (Å²) in [5, 5.41) is 9.24. The molecule has 0 saturated heterocycles. The molecule has 0 heterocycles. The lowest BCUT2D eigenvalue weighted by molar-refractivity contribution is -0.151. The Bertz CT molecular complexity index is 551. The summed E-state index contributed by atoms with van der Waals surface area (Å²) < 4.78 is 47.6. The number of esters is 1. The van der Waals surface area contributed by atoms with Gasteiger partial charge in [0, 0.05) is 11.8 Å². The fourth-order valence-corrected chi connectivity index (χ4v) is 2.53. The fraction of sp³-hybridized carbons (Fsp3) is 0.870. The van der Waals surface area contributed by atoms with Crippen LogP contribution in [0.2, 0.25) is 0 Å². The van der Waals surface area contributed by atoms with E-state index in [2.05, 4.69) is 15.9 Å². The summed E-state index contributed by atoms with van der Waals surface area (Å²) in [6, 6.07) is 0. The maximum absolute atomic E-state index is 11.3. The Morgan fingerprint density at radius 2 is 0.757 bits per heavy atom. The van der Waals surface area contributed by atoms with E-state index in [4.69, 9.17) is 47.7 Å². The van der Waals surface area contributed by atoms with Crippen molar-refractivity contribution in [1.82, 2.24) is 0 Å². The second-order valence-corrected chi connectivity index (χ2v) is 7.83. The maximum atomic E-state index is 11.3. The molecule has 0 radical (unpaired) electrons. The van der Waals surface area contributed by atoms with Crippen molar-refractivity contribution in [2.24, 2.45) is 0 Å². The highest BCUT2D eigenvalue weighted by Gasteiger charge is 2.14. The summed E-state index contributed by atoms with van der Waals surface area (Å²) in [7, 11) is 0. The average molecular weight is 605 g/mol. The Balaban J connectivity index is 3.13. The Morgan fingerprint density at radius 1 is 0.459 bits per heavy atom. The van der Waals surface area contributed by atoms with Gasteiger partial charge in [0.1, 0.15) is 6.61 Å². The number of halogens is 1. The Morgan fingerprint density at radius 3 is 1.05 bits per heavy atom. The third kappa shape index (κ3) is 29.2. The van der Waals surface area contributed by atoms with Crippen LogP contribution in [0.4, 0.5) is 0 Å². The monoisotopic (exact) mass is 604 g/mol. The molecule has 0 aromatic heterocycles. The van der Waals surface area contributed by atoms with Gasteiger partial charge in [0.15, 0.2) is 0 Å². The number of carbonyl (C=O) groups is 3. The Kier molecular flexibility index (Phi) is 28.4. The minimum absolute atomic E-state index is 0.0201. The summed E-state index contributed by atoms with van der Waals surface area (Å²) >= 11 is 3.28. The molecule has 0 unspecified atom stereocenters. The minimum atomic E-state index is -1.56. The zero-order valence-corrected chi connectivity index (χ0v) is 23.0. The Labute approximate surface area is 226 Å². The Hall–Kier alpha value is -1.23. The molecule has 0 spiro atoms. The molecule has 0 bridgehead atoms. The van der Waals surface area contributed by atoms with E-state index in [-0.39, 0.29) is 26.1 Å². The molecule has 37 heavy (non-hydrogen) atoms.